The van der Waals surface area contributed by atoms with Gasteiger partial charge in [0, 0.05) is 10.2 Å². The van der Waals surface area contributed by atoms with Crippen molar-refractivity contribution < 1.29 is 9.59 Å². The van der Waals surface area contributed by atoms with Crippen LogP contribution in [0.1, 0.15) is 5.56 Å². The summed E-state index contributed by atoms with van der Waals surface area (Å²) in [5.74, 6) is -0.466. The molecule has 0 heterocycles. The fraction of sp³-hybridized carbons (Fsp3) is 0.200. The van der Waals surface area contributed by atoms with Gasteiger partial charge in [0.25, 0.3) is 0 Å². The van der Waals surface area contributed by atoms with Crippen molar-refractivity contribution in [2.24, 2.45) is 5.73 Å². The molecule has 6 heteroatoms. The molecule has 0 aliphatic heterocycles. The van der Waals surface area contributed by atoms with Gasteiger partial charge in [-0.05, 0) is 24.6 Å². The Kier molecular flexibility index (Phi) is 4.30. The first-order valence-electron chi connectivity index (χ1n) is 4.58. The van der Waals surface area contributed by atoms with Crippen LogP contribution in [0.5, 0.6) is 0 Å². The summed E-state index contributed by atoms with van der Waals surface area (Å²) in [5.41, 5.74) is 6.65. The highest BCUT2D eigenvalue weighted by Gasteiger charge is 2.05. The number of urea groups is 1. The van der Waals surface area contributed by atoms with Gasteiger partial charge < -0.3 is 11.1 Å². The third kappa shape index (κ3) is 3.90. The minimum Gasteiger partial charge on any atom is -0.376 e. The molecule has 3 amide bonds. The van der Waals surface area contributed by atoms with Crippen LogP contribution < -0.4 is 16.4 Å². The van der Waals surface area contributed by atoms with Gasteiger partial charge in [-0.2, -0.15) is 0 Å². The molecule has 0 unspecified atom stereocenters. The summed E-state index contributed by atoms with van der Waals surface area (Å²) >= 11 is 3.33. The maximum atomic E-state index is 11.1. The van der Waals surface area contributed by atoms with Crippen LogP contribution in [-0.4, -0.2) is 18.5 Å². The Hall–Kier alpha value is -1.56. The van der Waals surface area contributed by atoms with Crippen molar-refractivity contribution in [1.82, 2.24) is 5.32 Å². The third-order valence-electron chi connectivity index (χ3n) is 1.90. The van der Waals surface area contributed by atoms with Crippen LogP contribution >= 0.6 is 15.9 Å². The molecule has 0 saturated carbocycles. The van der Waals surface area contributed by atoms with Gasteiger partial charge in [-0.25, -0.2) is 4.79 Å². The van der Waals surface area contributed by atoms with Crippen LogP contribution in [0.2, 0.25) is 0 Å². The fourth-order valence-electron chi connectivity index (χ4n) is 1.14. The lowest BCUT2D eigenvalue weighted by Crippen LogP contribution is -2.38. The van der Waals surface area contributed by atoms with Gasteiger partial charge in [0.05, 0.1) is 6.54 Å². The first-order chi connectivity index (χ1) is 7.49. The monoisotopic (exact) mass is 285 g/mol. The standard InChI is InChI=1S/C10H12BrN3O2/c1-6-2-3-7(11)4-8(6)13-5-9(15)14-10(12)16/h2-4,13H,5H2,1H3,(H3,12,14,15,16). The van der Waals surface area contributed by atoms with Crippen LogP contribution in [0.4, 0.5) is 10.5 Å². The van der Waals surface area contributed by atoms with Gasteiger partial charge in [0.15, 0.2) is 0 Å². The van der Waals surface area contributed by atoms with E-state index in [0.29, 0.717) is 0 Å². The van der Waals surface area contributed by atoms with E-state index >= 15 is 0 Å². The highest BCUT2D eigenvalue weighted by Crippen LogP contribution is 2.20. The van der Waals surface area contributed by atoms with E-state index in [1.165, 1.54) is 0 Å². The summed E-state index contributed by atoms with van der Waals surface area (Å²) in [4.78, 5) is 21.5. The van der Waals surface area contributed by atoms with E-state index in [2.05, 4.69) is 21.2 Å². The molecule has 0 spiro atoms. The third-order valence-corrected chi connectivity index (χ3v) is 2.39. The highest BCUT2D eigenvalue weighted by atomic mass is 79.9. The Morgan fingerprint density at radius 3 is 2.75 bits per heavy atom. The summed E-state index contributed by atoms with van der Waals surface area (Å²) < 4.78 is 0.913. The van der Waals surface area contributed by atoms with E-state index < -0.39 is 11.9 Å². The molecular weight excluding hydrogens is 274 g/mol. The lowest BCUT2D eigenvalue weighted by Gasteiger charge is -2.09. The summed E-state index contributed by atoms with van der Waals surface area (Å²) in [6.07, 6.45) is 0. The van der Waals surface area contributed by atoms with Crippen molar-refractivity contribution in [1.29, 1.82) is 0 Å². The molecule has 0 fully saturated rings. The average molecular weight is 286 g/mol. The maximum absolute atomic E-state index is 11.1. The molecule has 4 N–H and O–H groups in total. The predicted octanol–water partition coefficient (Wildman–Crippen LogP) is 1.36. The highest BCUT2D eigenvalue weighted by molar-refractivity contribution is 9.10. The molecule has 0 saturated heterocycles. The number of primary amides is 1. The van der Waals surface area contributed by atoms with Crippen LogP contribution in [0.15, 0.2) is 22.7 Å². The number of rotatable bonds is 3. The molecule has 0 bridgehead atoms. The second-order valence-electron chi connectivity index (χ2n) is 3.23. The summed E-state index contributed by atoms with van der Waals surface area (Å²) in [5, 5.41) is 4.88. The van der Waals surface area contributed by atoms with E-state index in [1.807, 2.05) is 30.4 Å². The van der Waals surface area contributed by atoms with Gasteiger partial charge >= 0.3 is 6.03 Å². The smallest absolute Gasteiger partial charge is 0.318 e. The zero-order valence-electron chi connectivity index (χ0n) is 8.71. The number of aryl methyl sites for hydroxylation is 1. The lowest BCUT2D eigenvalue weighted by atomic mass is 10.2. The number of halogens is 1. The predicted molar refractivity (Wildman–Crippen MR) is 65.1 cm³/mol. The van der Waals surface area contributed by atoms with E-state index in [9.17, 15) is 9.59 Å². The maximum Gasteiger partial charge on any atom is 0.318 e. The molecule has 0 radical (unpaired) electrons. The Labute approximate surface area is 102 Å². The zero-order valence-corrected chi connectivity index (χ0v) is 10.3. The number of nitrogens with one attached hydrogen (secondary N) is 2. The van der Waals surface area contributed by atoms with Gasteiger partial charge in [-0.3, -0.25) is 10.1 Å². The molecule has 86 valence electrons. The van der Waals surface area contributed by atoms with Crippen LogP contribution in [-0.2, 0) is 4.79 Å². The number of carbonyl (C=O) groups is 2. The largest absolute Gasteiger partial charge is 0.376 e. The zero-order chi connectivity index (χ0) is 12.1. The number of anilines is 1. The number of amides is 3. The van der Waals surface area contributed by atoms with Gasteiger partial charge in [0.1, 0.15) is 0 Å². The second-order valence-corrected chi connectivity index (χ2v) is 4.14. The van der Waals surface area contributed by atoms with Crippen LogP contribution in [0.3, 0.4) is 0 Å². The topological polar surface area (TPSA) is 84.2 Å². The molecule has 5 nitrogen and oxygen atoms in total. The molecule has 1 rings (SSSR count). The molecule has 0 aliphatic carbocycles. The van der Waals surface area contributed by atoms with Gasteiger partial charge in [0.2, 0.25) is 5.91 Å². The summed E-state index contributed by atoms with van der Waals surface area (Å²) in [7, 11) is 0. The molecular formula is C10H12BrN3O2. The first-order valence-corrected chi connectivity index (χ1v) is 5.37. The van der Waals surface area contributed by atoms with E-state index in [0.717, 1.165) is 15.7 Å². The summed E-state index contributed by atoms with van der Waals surface area (Å²) in [6.45, 7) is 1.92. The van der Waals surface area contributed by atoms with Gasteiger partial charge in [-0.1, -0.05) is 22.0 Å². The number of nitrogens with two attached hydrogens (primary N) is 1. The molecule has 1 aromatic rings. The Bertz CT molecular complexity index is 421. The molecule has 1 aromatic carbocycles. The minimum atomic E-state index is -0.849. The van der Waals surface area contributed by atoms with Crippen LogP contribution in [0, 0.1) is 6.92 Å². The van der Waals surface area contributed by atoms with Gasteiger partial charge in [-0.15, -0.1) is 0 Å². The van der Waals surface area contributed by atoms with Crippen molar-refractivity contribution in [2.45, 2.75) is 6.92 Å². The number of benzene rings is 1. The number of hydrogen-bond acceptors (Lipinski definition) is 3. The van der Waals surface area contributed by atoms with E-state index in [1.54, 1.807) is 0 Å². The van der Waals surface area contributed by atoms with Crippen molar-refractivity contribution in [3.63, 3.8) is 0 Å². The van der Waals surface area contributed by atoms with Crippen molar-refractivity contribution in [2.75, 3.05) is 11.9 Å². The van der Waals surface area contributed by atoms with Crippen molar-refractivity contribution in [3.8, 4) is 0 Å². The van der Waals surface area contributed by atoms with Crippen LogP contribution in [0.25, 0.3) is 0 Å². The average Bonchev–Trinajstić information content (AvgIpc) is 2.18. The Balaban J connectivity index is 2.57. The quantitative estimate of drug-likeness (QED) is 0.784. The van der Waals surface area contributed by atoms with E-state index in [4.69, 9.17) is 5.73 Å². The Morgan fingerprint density at radius 1 is 1.44 bits per heavy atom. The SMILES string of the molecule is Cc1ccc(Br)cc1NCC(=O)NC(N)=O. The number of imide groups is 1. The van der Waals surface area contributed by atoms with Crippen molar-refractivity contribution >= 4 is 33.6 Å². The fourth-order valence-corrected chi connectivity index (χ4v) is 1.50. The summed E-state index contributed by atoms with van der Waals surface area (Å²) in [6, 6.07) is 4.83. The normalized spacial score (nSPS) is 9.62. The molecule has 16 heavy (non-hydrogen) atoms. The lowest BCUT2D eigenvalue weighted by molar-refractivity contribution is -0.118. The van der Waals surface area contributed by atoms with E-state index in [-0.39, 0.29) is 6.54 Å². The molecule has 0 aromatic heterocycles. The number of carbonyl (C=O) groups excluding carboxylic acids is 2. The van der Waals surface area contributed by atoms with Crippen molar-refractivity contribution in [3.05, 3.63) is 28.2 Å². The Morgan fingerprint density at radius 2 is 2.12 bits per heavy atom. The molecule has 0 aliphatic rings. The second kappa shape index (κ2) is 5.50. The first kappa shape index (κ1) is 12.5. The minimum absolute atomic E-state index is 0.000231. The molecule has 0 atom stereocenters. The number of hydrogen-bond donors (Lipinski definition) is 3.